The molecule has 1 fully saturated rings. The van der Waals surface area contributed by atoms with Gasteiger partial charge in [-0.1, -0.05) is 26.2 Å². The summed E-state index contributed by atoms with van der Waals surface area (Å²) in [5.74, 6) is 0.215. The highest BCUT2D eigenvalue weighted by Crippen LogP contribution is 2.27. The molecule has 1 aliphatic rings. The number of likely N-dealkylation sites (N-methyl/N-ethyl adjacent to an activating group) is 1. The lowest BCUT2D eigenvalue weighted by Gasteiger charge is -2.33. The molecule has 1 unspecified atom stereocenters. The third kappa shape index (κ3) is 6.24. The average molecular weight is 312 g/mol. The topological polar surface area (TPSA) is 58.6 Å². The maximum absolute atomic E-state index is 12.7. The minimum absolute atomic E-state index is 0.000362. The number of hydrogen-bond acceptors (Lipinski definition) is 3. The molecule has 1 saturated carbocycles. The van der Waals surface area contributed by atoms with Crippen LogP contribution in [0.1, 0.15) is 66.2 Å². The molecule has 0 spiro atoms. The van der Waals surface area contributed by atoms with E-state index in [1.165, 1.54) is 6.42 Å². The van der Waals surface area contributed by atoms with Gasteiger partial charge in [0.15, 0.2) is 0 Å². The zero-order valence-electron chi connectivity index (χ0n) is 14.8. The highest BCUT2D eigenvalue weighted by Gasteiger charge is 2.33. The molecular formula is C17H32N2O3. The first-order valence-electron chi connectivity index (χ1n) is 8.49. The first kappa shape index (κ1) is 18.8. The first-order valence-corrected chi connectivity index (χ1v) is 8.49. The van der Waals surface area contributed by atoms with Crippen molar-refractivity contribution in [3.05, 3.63) is 0 Å². The molecule has 0 aromatic carbocycles. The Bertz CT molecular complexity index is 371. The zero-order chi connectivity index (χ0) is 16.8. The minimum atomic E-state index is -0.556. The van der Waals surface area contributed by atoms with Gasteiger partial charge in [-0.2, -0.15) is 0 Å². The number of alkyl carbamates (subject to hydrolysis) is 1. The molecule has 0 radical (unpaired) electrons. The number of nitrogens with one attached hydrogen (secondary N) is 1. The van der Waals surface area contributed by atoms with Crippen molar-refractivity contribution in [2.75, 3.05) is 13.6 Å². The van der Waals surface area contributed by atoms with Crippen molar-refractivity contribution in [2.24, 2.45) is 5.92 Å². The predicted molar refractivity (Wildman–Crippen MR) is 87.7 cm³/mol. The number of amides is 2. The molecule has 1 N–H and O–H groups in total. The molecule has 22 heavy (non-hydrogen) atoms. The van der Waals surface area contributed by atoms with Crippen LogP contribution in [0.15, 0.2) is 0 Å². The summed E-state index contributed by atoms with van der Waals surface area (Å²) >= 11 is 0. The minimum Gasteiger partial charge on any atom is -0.444 e. The van der Waals surface area contributed by atoms with Crippen molar-refractivity contribution < 1.29 is 14.3 Å². The van der Waals surface area contributed by atoms with Crippen molar-refractivity contribution in [3.63, 3.8) is 0 Å². The Balaban J connectivity index is 2.77. The average Bonchev–Trinajstić information content (AvgIpc) is 2.43. The van der Waals surface area contributed by atoms with Crippen LogP contribution >= 0.6 is 0 Å². The van der Waals surface area contributed by atoms with E-state index in [1.807, 2.05) is 27.7 Å². The zero-order valence-corrected chi connectivity index (χ0v) is 14.8. The standard InChI is InChI=1S/C17H32N2O3/c1-6-12-19(5)15(20)14(13-10-8-7-9-11-13)18-16(21)22-17(2,3)4/h13-14H,6-12H2,1-5H3,(H,18,21). The number of rotatable bonds is 5. The lowest BCUT2D eigenvalue weighted by molar-refractivity contribution is -0.134. The molecule has 0 saturated heterocycles. The lowest BCUT2D eigenvalue weighted by atomic mass is 9.83. The molecule has 1 aliphatic carbocycles. The second-order valence-corrected chi connectivity index (χ2v) is 7.28. The van der Waals surface area contributed by atoms with E-state index in [4.69, 9.17) is 4.74 Å². The van der Waals surface area contributed by atoms with E-state index in [0.717, 1.165) is 32.1 Å². The third-order valence-electron chi connectivity index (χ3n) is 3.99. The lowest BCUT2D eigenvalue weighted by Crippen LogP contribution is -2.52. The Kier molecular flexibility index (Phi) is 7.17. The van der Waals surface area contributed by atoms with Crippen LogP contribution in [0.3, 0.4) is 0 Å². The van der Waals surface area contributed by atoms with E-state index in [0.29, 0.717) is 6.54 Å². The van der Waals surface area contributed by atoms with Crippen molar-refractivity contribution in [1.29, 1.82) is 0 Å². The Hall–Kier alpha value is -1.26. The van der Waals surface area contributed by atoms with Gasteiger partial charge in [0.05, 0.1) is 0 Å². The molecule has 0 aromatic rings. The Morgan fingerprint density at radius 3 is 2.32 bits per heavy atom. The second-order valence-electron chi connectivity index (χ2n) is 7.28. The van der Waals surface area contributed by atoms with Gasteiger partial charge in [0.25, 0.3) is 0 Å². The number of nitrogens with zero attached hydrogens (tertiary/aromatic N) is 1. The van der Waals surface area contributed by atoms with Crippen LogP contribution in [0.4, 0.5) is 4.79 Å². The summed E-state index contributed by atoms with van der Waals surface area (Å²) in [5.41, 5.74) is -0.556. The number of ether oxygens (including phenoxy) is 1. The van der Waals surface area contributed by atoms with Gasteiger partial charge in [-0.25, -0.2) is 4.79 Å². The van der Waals surface area contributed by atoms with Gasteiger partial charge in [-0.05, 0) is 46.0 Å². The van der Waals surface area contributed by atoms with Gasteiger partial charge in [0.2, 0.25) is 5.91 Å². The molecule has 128 valence electrons. The number of carbonyl (C=O) groups is 2. The first-order chi connectivity index (χ1) is 10.2. The van der Waals surface area contributed by atoms with Crippen molar-refractivity contribution in [1.82, 2.24) is 10.2 Å². The highest BCUT2D eigenvalue weighted by atomic mass is 16.6. The predicted octanol–water partition coefficient (Wildman–Crippen LogP) is 3.33. The summed E-state index contributed by atoms with van der Waals surface area (Å²) in [6.45, 7) is 8.23. The van der Waals surface area contributed by atoms with Crippen LogP contribution in [0.25, 0.3) is 0 Å². The highest BCUT2D eigenvalue weighted by molar-refractivity contribution is 5.86. The van der Waals surface area contributed by atoms with E-state index < -0.39 is 17.7 Å². The van der Waals surface area contributed by atoms with Gasteiger partial charge < -0.3 is 15.0 Å². The summed E-state index contributed by atoms with van der Waals surface area (Å²) in [4.78, 5) is 26.5. The van der Waals surface area contributed by atoms with Crippen LogP contribution in [0.2, 0.25) is 0 Å². The molecule has 0 aromatic heterocycles. The molecular weight excluding hydrogens is 280 g/mol. The summed E-state index contributed by atoms with van der Waals surface area (Å²) in [6, 6.07) is -0.466. The van der Waals surface area contributed by atoms with Gasteiger partial charge in [-0.15, -0.1) is 0 Å². The fourth-order valence-corrected chi connectivity index (χ4v) is 2.97. The van der Waals surface area contributed by atoms with Crippen molar-refractivity contribution in [3.8, 4) is 0 Å². The maximum atomic E-state index is 12.7. The summed E-state index contributed by atoms with van der Waals surface area (Å²) in [7, 11) is 1.80. The Morgan fingerprint density at radius 1 is 1.23 bits per heavy atom. The molecule has 1 rings (SSSR count). The SMILES string of the molecule is CCCN(C)C(=O)C(NC(=O)OC(C)(C)C)C1CCCCC1. The fraction of sp³-hybridized carbons (Fsp3) is 0.882. The van der Waals surface area contributed by atoms with Crippen molar-refractivity contribution >= 4 is 12.0 Å². The smallest absolute Gasteiger partial charge is 0.408 e. The Morgan fingerprint density at radius 2 is 1.82 bits per heavy atom. The quantitative estimate of drug-likeness (QED) is 0.847. The number of hydrogen-bond donors (Lipinski definition) is 1. The van der Waals surface area contributed by atoms with Crippen LogP contribution in [-0.2, 0) is 9.53 Å². The molecule has 0 heterocycles. The van der Waals surface area contributed by atoms with Crippen LogP contribution < -0.4 is 5.32 Å². The molecule has 1 atom stereocenters. The van der Waals surface area contributed by atoms with Gasteiger partial charge in [0, 0.05) is 13.6 Å². The van der Waals surface area contributed by atoms with Gasteiger partial charge in [0.1, 0.15) is 11.6 Å². The second kappa shape index (κ2) is 8.39. The third-order valence-corrected chi connectivity index (χ3v) is 3.99. The van der Waals surface area contributed by atoms with E-state index in [2.05, 4.69) is 5.32 Å². The van der Waals surface area contributed by atoms with Gasteiger partial charge >= 0.3 is 6.09 Å². The largest absolute Gasteiger partial charge is 0.444 e. The Labute approximate surface area is 134 Å². The molecule has 5 heteroatoms. The molecule has 5 nitrogen and oxygen atoms in total. The van der Waals surface area contributed by atoms with E-state index in [1.54, 1.807) is 11.9 Å². The normalized spacial score (nSPS) is 17.7. The summed E-state index contributed by atoms with van der Waals surface area (Å²) in [6.07, 6.45) is 5.87. The molecule has 2 amide bonds. The van der Waals surface area contributed by atoms with E-state index in [-0.39, 0.29) is 11.8 Å². The van der Waals surface area contributed by atoms with E-state index in [9.17, 15) is 9.59 Å². The van der Waals surface area contributed by atoms with Crippen molar-refractivity contribution in [2.45, 2.75) is 77.9 Å². The van der Waals surface area contributed by atoms with E-state index >= 15 is 0 Å². The maximum Gasteiger partial charge on any atom is 0.408 e. The summed E-state index contributed by atoms with van der Waals surface area (Å²) in [5, 5.41) is 2.83. The van der Waals surface area contributed by atoms with Crippen LogP contribution in [0.5, 0.6) is 0 Å². The van der Waals surface area contributed by atoms with Crippen LogP contribution in [0, 0.1) is 5.92 Å². The van der Waals surface area contributed by atoms with Gasteiger partial charge in [-0.3, -0.25) is 4.79 Å². The summed E-state index contributed by atoms with van der Waals surface area (Å²) < 4.78 is 5.33. The molecule has 0 aliphatic heterocycles. The molecule has 0 bridgehead atoms. The number of carbonyl (C=O) groups excluding carboxylic acids is 2. The fourth-order valence-electron chi connectivity index (χ4n) is 2.97. The monoisotopic (exact) mass is 312 g/mol. The van der Waals surface area contributed by atoms with Crippen LogP contribution in [-0.4, -0.2) is 42.1 Å².